The Hall–Kier alpha value is -4.47. The molecule has 1 atom stereocenters. The van der Waals surface area contributed by atoms with E-state index in [0.717, 1.165) is 52.0 Å². The molecule has 0 spiro atoms. The van der Waals surface area contributed by atoms with Crippen molar-refractivity contribution in [1.82, 2.24) is 29.7 Å². The fourth-order valence-electron chi connectivity index (χ4n) is 5.88. The lowest BCUT2D eigenvalue weighted by Gasteiger charge is -2.32. The van der Waals surface area contributed by atoms with Crippen molar-refractivity contribution in [3.05, 3.63) is 77.1 Å². The molecule has 3 aliphatic rings. The first-order valence-electron chi connectivity index (χ1n) is 13.4. The number of hydrogen-bond acceptors (Lipinski definition) is 8. The third-order valence-electron chi connectivity index (χ3n) is 7.91. The highest BCUT2D eigenvalue weighted by Gasteiger charge is 2.32. The Morgan fingerprint density at radius 2 is 2.00 bits per heavy atom. The van der Waals surface area contributed by atoms with Gasteiger partial charge in [0.15, 0.2) is 0 Å². The highest BCUT2D eigenvalue weighted by molar-refractivity contribution is 5.94. The minimum atomic E-state index is -0.630. The number of allylic oxidation sites excluding steroid dienone is 2. The second kappa shape index (κ2) is 9.37. The highest BCUT2D eigenvalue weighted by Crippen LogP contribution is 2.38. The molecular formula is C29H29N7O3. The van der Waals surface area contributed by atoms with Gasteiger partial charge in [0.05, 0.1) is 16.7 Å². The van der Waals surface area contributed by atoms with Crippen molar-refractivity contribution in [2.45, 2.75) is 52.1 Å². The molecule has 1 N–H and O–H groups in total. The molecule has 0 bridgehead atoms. The van der Waals surface area contributed by atoms with Crippen LogP contribution in [0.4, 0.5) is 5.95 Å². The highest BCUT2D eigenvalue weighted by atomic mass is 16.5. The Labute approximate surface area is 224 Å². The second-order valence-electron chi connectivity index (χ2n) is 10.8. The minimum Gasteiger partial charge on any atom is -0.465 e. The van der Waals surface area contributed by atoms with Crippen molar-refractivity contribution in [1.29, 1.82) is 0 Å². The van der Waals surface area contributed by atoms with Gasteiger partial charge in [-0.05, 0) is 55.4 Å². The van der Waals surface area contributed by atoms with Crippen molar-refractivity contribution in [3.8, 4) is 22.8 Å². The summed E-state index contributed by atoms with van der Waals surface area (Å²) >= 11 is 0. The standard InChI is InChI=1S/C29H29N7O3/c1-17-6-8-19(9-7-17)16-36-26-21(32-28(36)35-10-11-38-24-5-3-4-23(24)35)13-22(27-33-29(37)39-34-27)31-25(26)20-12-18(2)14-30-15-20/h3-5,10-15,17,19,23H,6-9,16H2,1-2H3,(H,33,34,37)/t17?,19?,23-/m1/s1. The molecule has 10 heteroatoms. The van der Waals surface area contributed by atoms with Gasteiger partial charge >= 0.3 is 5.76 Å². The number of aromatic amines is 1. The van der Waals surface area contributed by atoms with Crippen LogP contribution in [-0.4, -0.2) is 35.7 Å². The van der Waals surface area contributed by atoms with E-state index in [-0.39, 0.29) is 11.9 Å². The van der Waals surface area contributed by atoms with Crippen LogP contribution < -0.4 is 10.7 Å². The van der Waals surface area contributed by atoms with Crippen molar-refractivity contribution < 1.29 is 9.26 Å². The Morgan fingerprint density at radius 3 is 2.79 bits per heavy atom. The molecule has 1 fully saturated rings. The molecule has 0 radical (unpaired) electrons. The van der Waals surface area contributed by atoms with Crippen LogP contribution in [0.3, 0.4) is 0 Å². The van der Waals surface area contributed by atoms with E-state index >= 15 is 0 Å². The molecule has 5 heterocycles. The van der Waals surface area contributed by atoms with E-state index in [1.165, 1.54) is 25.7 Å². The van der Waals surface area contributed by atoms with Gasteiger partial charge in [0.25, 0.3) is 0 Å². The van der Waals surface area contributed by atoms with Gasteiger partial charge in [-0.3, -0.25) is 14.5 Å². The molecular weight excluding hydrogens is 494 g/mol. The average Bonchev–Trinajstić information content (AvgIpc) is 3.68. The summed E-state index contributed by atoms with van der Waals surface area (Å²) in [5, 5.41) is 3.90. The van der Waals surface area contributed by atoms with Crippen LogP contribution in [0.5, 0.6) is 0 Å². The number of pyridine rings is 2. The first-order valence-corrected chi connectivity index (χ1v) is 13.4. The largest absolute Gasteiger partial charge is 0.465 e. The van der Waals surface area contributed by atoms with Crippen LogP contribution in [-0.2, 0) is 11.3 Å². The van der Waals surface area contributed by atoms with Crippen LogP contribution in [0.2, 0.25) is 0 Å². The lowest BCUT2D eigenvalue weighted by atomic mass is 9.83. The van der Waals surface area contributed by atoms with Crippen molar-refractivity contribution >= 4 is 17.0 Å². The summed E-state index contributed by atoms with van der Waals surface area (Å²) in [4.78, 5) is 31.2. The van der Waals surface area contributed by atoms with E-state index in [1.807, 2.05) is 43.7 Å². The van der Waals surface area contributed by atoms with E-state index in [2.05, 4.69) is 43.7 Å². The second-order valence-corrected chi connectivity index (χ2v) is 10.8. The fraction of sp³-hybridized carbons (Fsp3) is 0.345. The van der Waals surface area contributed by atoms with Crippen molar-refractivity contribution in [2.75, 3.05) is 4.90 Å². The van der Waals surface area contributed by atoms with Crippen LogP contribution in [0, 0.1) is 18.8 Å². The normalized spacial score (nSPS) is 22.3. The minimum absolute atomic E-state index is 0.0691. The predicted molar refractivity (Wildman–Crippen MR) is 146 cm³/mol. The summed E-state index contributed by atoms with van der Waals surface area (Å²) in [6.45, 7) is 5.18. The summed E-state index contributed by atoms with van der Waals surface area (Å²) in [6, 6.07) is 3.86. The Balaban J connectivity index is 1.47. The Morgan fingerprint density at radius 1 is 1.13 bits per heavy atom. The van der Waals surface area contributed by atoms with Crippen molar-refractivity contribution in [3.63, 3.8) is 0 Å². The zero-order chi connectivity index (χ0) is 26.5. The number of nitrogens with one attached hydrogen (secondary N) is 1. The number of fused-ring (bicyclic) bond motifs is 2. The van der Waals surface area contributed by atoms with Gasteiger partial charge < -0.3 is 14.2 Å². The first kappa shape index (κ1) is 23.6. The molecule has 198 valence electrons. The fourth-order valence-corrected chi connectivity index (χ4v) is 5.88. The van der Waals surface area contributed by atoms with Gasteiger partial charge in [-0.1, -0.05) is 37.1 Å². The molecule has 4 aromatic heterocycles. The van der Waals surface area contributed by atoms with E-state index in [0.29, 0.717) is 11.6 Å². The maximum absolute atomic E-state index is 11.8. The number of H-pyrrole nitrogens is 1. The van der Waals surface area contributed by atoms with Gasteiger partial charge in [-0.15, -0.1) is 0 Å². The molecule has 0 unspecified atom stereocenters. The molecule has 0 saturated heterocycles. The van der Waals surface area contributed by atoms with Crippen LogP contribution >= 0.6 is 0 Å². The molecule has 0 amide bonds. The number of rotatable bonds is 5. The molecule has 4 aromatic rings. The molecule has 1 saturated carbocycles. The smallest absolute Gasteiger partial charge is 0.439 e. The maximum atomic E-state index is 11.8. The van der Waals surface area contributed by atoms with Gasteiger partial charge in [-0.25, -0.2) is 14.8 Å². The van der Waals surface area contributed by atoms with Crippen LogP contribution in [0.25, 0.3) is 33.8 Å². The molecule has 39 heavy (non-hydrogen) atoms. The van der Waals surface area contributed by atoms with Gasteiger partial charge in [0.1, 0.15) is 23.8 Å². The first-order chi connectivity index (χ1) is 19.0. The number of aryl methyl sites for hydroxylation is 1. The summed E-state index contributed by atoms with van der Waals surface area (Å²) in [5.41, 5.74) is 4.80. The summed E-state index contributed by atoms with van der Waals surface area (Å²) in [7, 11) is 0. The Kier molecular flexibility index (Phi) is 5.68. The third-order valence-corrected chi connectivity index (χ3v) is 7.91. The molecule has 2 aliphatic carbocycles. The summed E-state index contributed by atoms with van der Waals surface area (Å²) in [5.74, 6) is 2.61. The Bertz CT molecular complexity index is 1700. The third kappa shape index (κ3) is 4.25. The van der Waals surface area contributed by atoms with E-state index < -0.39 is 5.76 Å². The average molecular weight is 524 g/mol. The SMILES string of the molecule is Cc1cncc(-c2nc(-c3noc(=O)[nH]3)cc3nc(N4C=COC5=CC=C[C@H]54)n(CC4CCC(C)CC4)c23)c1. The van der Waals surface area contributed by atoms with Crippen molar-refractivity contribution in [2.24, 2.45) is 11.8 Å². The molecule has 0 aromatic carbocycles. The summed E-state index contributed by atoms with van der Waals surface area (Å²) < 4.78 is 12.9. The lowest BCUT2D eigenvalue weighted by Crippen LogP contribution is -2.35. The quantitative estimate of drug-likeness (QED) is 0.384. The van der Waals surface area contributed by atoms with Gasteiger partial charge in [0.2, 0.25) is 11.8 Å². The van der Waals surface area contributed by atoms with E-state index in [1.54, 1.807) is 6.26 Å². The zero-order valence-electron chi connectivity index (χ0n) is 21.9. The topological polar surface area (TPSA) is 115 Å². The van der Waals surface area contributed by atoms with Gasteiger partial charge in [-0.2, -0.15) is 0 Å². The monoisotopic (exact) mass is 523 g/mol. The molecule has 1 aliphatic heterocycles. The van der Waals surface area contributed by atoms with Crippen LogP contribution in [0.15, 0.2) is 70.3 Å². The summed E-state index contributed by atoms with van der Waals surface area (Å²) in [6.07, 6.45) is 18.2. The number of imidazole rings is 1. The number of nitrogens with zero attached hydrogens (tertiary/aromatic N) is 6. The van der Waals surface area contributed by atoms with E-state index in [4.69, 9.17) is 19.2 Å². The number of ether oxygens (including phenoxy) is 1. The number of anilines is 1. The van der Waals surface area contributed by atoms with Crippen LogP contribution in [0.1, 0.15) is 38.2 Å². The molecule has 7 rings (SSSR count). The molecule has 10 nitrogen and oxygen atoms in total. The lowest BCUT2D eigenvalue weighted by molar-refractivity contribution is 0.266. The maximum Gasteiger partial charge on any atom is 0.439 e. The van der Waals surface area contributed by atoms with Gasteiger partial charge in [0, 0.05) is 30.7 Å². The zero-order valence-corrected chi connectivity index (χ0v) is 21.9. The van der Waals surface area contributed by atoms with E-state index in [9.17, 15) is 4.79 Å². The number of hydrogen-bond donors (Lipinski definition) is 1. The predicted octanol–water partition coefficient (Wildman–Crippen LogP) is 5.10. The number of aromatic nitrogens is 6.